The quantitative estimate of drug-likeness (QED) is 0.754. The van der Waals surface area contributed by atoms with Gasteiger partial charge in [-0.25, -0.2) is 4.79 Å². The summed E-state index contributed by atoms with van der Waals surface area (Å²) in [6.45, 7) is 0.622. The highest BCUT2D eigenvalue weighted by Gasteiger charge is 2.10. The Balaban J connectivity index is 1.89. The first-order valence-electron chi connectivity index (χ1n) is 6.95. The summed E-state index contributed by atoms with van der Waals surface area (Å²) < 4.78 is 21.4. The van der Waals surface area contributed by atoms with Crippen molar-refractivity contribution in [3.63, 3.8) is 0 Å². The lowest BCUT2D eigenvalue weighted by atomic mass is 10.2. The van der Waals surface area contributed by atoms with E-state index in [2.05, 4.69) is 0 Å². The van der Waals surface area contributed by atoms with Crippen LogP contribution in [0.1, 0.15) is 10.4 Å². The van der Waals surface area contributed by atoms with Crippen LogP contribution in [-0.2, 0) is 0 Å². The van der Waals surface area contributed by atoms with Gasteiger partial charge in [-0.2, -0.15) is 0 Å². The molecule has 0 heterocycles. The summed E-state index contributed by atoms with van der Waals surface area (Å²) in [5, 5.41) is 8.95. The highest BCUT2D eigenvalue weighted by atomic mass is 16.5. The van der Waals surface area contributed by atoms with E-state index in [1.54, 1.807) is 19.2 Å². The van der Waals surface area contributed by atoms with Crippen LogP contribution in [0.4, 0.5) is 0 Å². The molecule has 0 radical (unpaired) electrons. The Hall–Kier alpha value is -2.89. The third-order valence-electron chi connectivity index (χ3n) is 3.06. The highest BCUT2D eigenvalue weighted by Crippen LogP contribution is 2.28. The van der Waals surface area contributed by atoms with Crippen LogP contribution in [-0.4, -0.2) is 38.5 Å². The zero-order valence-electron chi connectivity index (χ0n) is 12.9. The molecule has 0 aliphatic rings. The van der Waals surface area contributed by atoms with Crippen molar-refractivity contribution in [2.24, 2.45) is 0 Å². The first-order chi connectivity index (χ1) is 11.1. The first-order valence-corrected chi connectivity index (χ1v) is 6.95. The third kappa shape index (κ3) is 4.54. The Labute approximate surface area is 134 Å². The van der Waals surface area contributed by atoms with Crippen molar-refractivity contribution in [2.75, 3.05) is 27.4 Å². The fourth-order valence-corrected chi connectivity index (χ4v) is 1.92. The van der Waals surface area contributed by atoms with E-state index in [0.717, 1.165) is 0 Å². The minimum Gasteiger partial charge on any atom is -0.497 e. The van der Waals surface area contributed by atoms with E-state index < -0.39 is 5.97 Å². The van der Waals surface area contributed by atoms with Gasteiger partial charge in [-0.05, 0) is 30.3 Å². The lowest BCUT2D eigenvalue weighted by molar-refractivity contribution is 0.0696. The number of carbonyl (C=O) groups is 1. The average Bonchev–Trinajstić information content (AvgIpc) is 2.58. The van der Waals surface area contributed by atoms with Gasteiger partial charge < -0.3 is 24.1 Å². The van der Waals surface area contributed by atoms with Crippen molar-refractivity contribution >= 4 is 5.97 Å². The Morgan fingerprint density at radius 3 is 2.35 bits per heavy atom. The molecular formula is C17H18O6. The normalized spacial score (nSPS) is 10.0. The van der Waals surface area contributed by atoms with Crippen molar-refractivity contribution in [2.45, 2.75) is 0 Å². The van der Waals surface area contributed by atoms with Gasteiger partial charge in [0.1, 0.15) is 24.7 Å². The Kier molecular flexibility index (Phi) is 5.68. The van der Waals surface area contributed by atoms with Crippen molar-refractivity contribution in [3.05, 3.63) is 48.0 Å². The summed E-state index contributed by atoms with van der Waals surface area (Å²) in [5.74, 6) is 1.21. The molecule has 0 aliphatic carbocycles. The monoisotopic (exact) mass is 318 g/mol. The van der Waals surface area contributed by atoms with Gasteiger partial charge in [0, 0.05) is 6.07 Å². The number of hydrogen-bond donors (Lipinski definition) is 1. The van der Waals surface area contributed by atoms with E-state index in [-0.39, 0.29) is 5.56 Å². The number of aromatic carboxylic acids is 1. The summed E-state index contributed by atoms with van der Waals surface area (Å²) >= 11 is 0. The standard InChI is InChI=1S/C17H18O6/c1-20-13-4-3-5-14(11-13)22-8-9-23-15-7-6-12(17(18)19)10-16(15)21-2/h3-7,10-11H,8-9H2,1-2H3,(H,18,19). The molecule has 2 aromatic carbocycles. The number of carboxylic acid groups (broad SMARTS) is 1. The van der Waals surface area contributed by atoms with E-state index >= 15 is 0 Å². The molecule has 0 saturated carbocycles. The van der Waals surface area contributed by atoms with E-state index in [1.165, 1.54) is 19.2 Å². The molecule has 0 aromatic heterocycles. The molecule has 0 bridgehead atoms. The maximum absolute atomic E-state index is 10.9. The van der Waals surface area contributed by atoms with Gasteiger partial charge in [0.15, 0.2) is 11.5 Å². The molecule has 2 aromatic rings. The van der Waals surface area contributed by atoms with Crippen molar-refractivity contribution in [1.29, 1.82) is 0 Å². The summed E-state index contributed by atoms with van der Waals surface area (Å²) in [6.07, 6.45) is 0. The third-order valence-corrected chi connectivity index (χ3v) is 3.06. The van der Waals surface area contributed by atoms with Gasteiger partial charge in [0.05, 0.1) is 19.8 Å². The van der Waals surface area contributed by atoms with Gasteiger partial charge >= 0.3 is 5.97 Å². The van der Waals surface area contributed by atoms with Crippen LogP contribution in [0.2, 0.25) is 0 Å². The largest absolute Gasteiger partial charge is 0.497 e. The van der Waals surface area contributed by atoms with Crippen LogP contribution < -0.4 is 18.9 Å². The number of rotatable bonds is 8. The maximum atomic E-state index is 10.9. The zero-order valence-corrected chi connectivity index (χ0v) is 12.9. The van der Waals surface area contributed by atoms with Crippen LogP contribution in [0.5, 0.6) is 23.0 Å². The van der Waals surface area contributed by atoms with Crippen molar-refractivity contribution in [3.8, 4) is 23.0 Å². The minimum absolute atomic E-state index is 0.141. The average molecular weight is 318 g/mol. The SMILES string of the molecule is COc1cccc(OCCOc2ccc(C(=O)O)cc2OC)c1. The highest BCUT2D eigenvalue weighted by molar-refractivity contribution is 5.88. The zero-order chi connectivity index (χ0) is 16.7. The Bertz CT molecular complexity index is 668. The molecule has 2 rings (SSSR count). The lowest BCUT2D eigenvalue weighted by Crippen LogP contribution is -2.10. The molecule has 0 saturated heterocycles. The number of ether oxygens (including phenoxy) is 4. The molecule has 0 unspecified atom stereocenters. The summed E-state index contributed by atoms with van der Waals surface area (Å²) in [6, 6.07) is 11.7. The lowest BCUT2D eigenvalue weighted by Gasteiger charge is -2.12. The number of methoxy groups -OCH3 is 2. The van der Waals surface area contributed by atoms with Gasteiger partial charge in [-0.15, -0.1) is 0 Å². The van der Waals surface area contributed by atoms with Gasteiger partial charge in [-0.1, -0.05) is 6.07 Å². The number of benzene rings is 2. The molecule has 0 spiro atoms. The van der Waals surface area contributed by atoms with E-state index in [4.69, 9.17) is 24.1 Å². The van der Waals surface area contributed by atoms with Crippen LogP contribution in [0.3, 0.4) is 0 Å². The number of carboxylic acids is 1. The maximum Gasteiger partial charge on any atom is 0.335 e. The summed E-state index contributed by atoms with van der Waals surface area (Å²) in [7, 11) is 3.05. The van der Waals surface area contributed by atoms with Crippen LogP contribution in [0.15, 0.2) is 42.5 Å². The van der Waals surface area contributed by atoms with E-state index in [0.29, 0.717) is 36.2 Å². The fraction of sp³-hybridized carbons (Fsp3) is 0.235. The van der Waals surface area contributed by atoms with E-state index in [1.807, 2.05) is 18.2 Å². The Morgan fingerprint density at radius 2 is 1.65 bits per heavy atom. The summed E-state index contributed by atoms with van der Waals surface area (Å²) in [5.41, 5.74) is 0.141. The van der Waals surface area contributed by atoms with Crippen LogP contribution in [0, 0.1) is 0 Å². The first kappa shape index (κ1) is 16.5. The van der Waals surface area contributed by atoms with Gasteiger partial charge in [0.2, 0.25) is 0 Å². The molecule has 6 nitrogen and oxygen atoms in total. The second kappa shape index (κ2) is 7.93. The smallest absolute Gasteiger partial charge is 0.335 e. The molecule has 0 aliphatic heterocycles. The second-order valence-electron chi connectivity index (χ2n) is 4.55. The molecule has 0 fully saturated rings. The molecule has 23 heavy (non-hydrogen) atoms. The number of hydrogen-bond acceptors (Lipinski definition) is 5. The van der Waals surface area contributed by atoms with Gasteiger partial charge in [0.25, 0.3) is 0 Å². The minimum atomic E-state index is -1.02. The Morgan fingerprint density at radius 1 is 0.913 bits per heavy atom. The second-order valence-corrected chi connectivity index (χ2v) is 4.55. The molecule has 0 atom stereocenters. The molecule has 0 amide bonds. The van der Waals surface area contributed by atoms with E-state index in [9.17, 15) is 4.79 Å². The predicted octanol–water partition coefficient (Wildman–Crippen LogP) is 2.86. The fourth-order valence-electron chi connectivity index (χ4n) is 1.92. The molecule has 122 valence electrons. The summed E-state index contributed by atoms with van der Waals surface area (Å²) in [4.78, 5) is 10.9. The van der Waals surface area contributed by atoms with Crippen LogP contribution in [0.25, 0.3) is 0 Å². The topological polar surface area (TPSA) is 74.2 Å². The van der Waals surface area contributed by atoms with Crippen molar-refractivity contribution < 1.29 is 28.8 Å². The van der Waals surface area contributed by atoms with Crippen LogP contribution >= 0.6 is 0 Å². The molecule has 6 heteroatoms. The molecular weight excluding hydrogens is 300 g/mol. The van der Waals surface area contributed by atoms with Crippen molar-refractivity contribution in [1.82, 2.24) is 0 Å². The molecule has 1 N–H and O–H groups in total. The van der Waals surface area contributed by atoms with Gasteiger partial charge in [-0.3, -0.25) is 0 Å². The predicted molar refractivity (Wildman–Crippen MR) is 83.9 cm³/mol.